The van der Waals surface area contributed by atoms with Gasteiger partial charge in [0.15, 0.2) is 5.69 Å². The third-order valence-electron chi connectivity index (χ3n) is 1.44. The summed E-state index contributed by atoms with van der Waals surface area (Å²) in [5.74, 6) is -4.90. The summed E-state index contributed by atoms with van der Waals surface area (Å²) in [6.45, 7) is 0. The van der Waals surface area contributed by atoms with Crippen LogP contribution in [0.25, 0.3) is 0 Å². The Morgan fingerprint density at radius 2 is 1.72 bits per heavy atom. The molecule has 1 aromatic rings. The molecule has 18 heavy (non-hydrogen) atoms. The summed E-state index contributed by atoms with van der Waals surface area (Å²) in [6.07, 6.45) is -6.35. The summed E-state index contributed by atoms with van der Waals surface area (Å²) >= 11 is 1.38. The SMILES string of the molecule is Cn1cc(I)c(C(F)(F)C(F)(F)F)n1.O=C(O)O. The number of carboxylic acid groups (broad SMARTS) is 2. The largest absolute Gasteiger partial charge is 0.503 e. The topological polar surface area (TPSA) is 75.4 Å². The summed E-state index contributed by atoms with van der Waals surface area (Å²) < 4.78 is 61.9. The quantitative estimate of drug-likeness (QED) is 0.573. The van der Waals surface area contributed by atoms with Gasteiger partial charge >= 0.3 is 18.3 Å². The van der Waals surface area contributed by atoms with E-state index in [1.54, 1.807) is 0 Å². The zero-order valence-corrected chi connectivity index (χ0v) is 10.7. The third kappa shape index (κ3) is 4.27. The summed E-state index contributed by atoms with van der Waals surface area (Å²) in [5, 5.41) is 17.0. The molecular weight excluding hydrogens is 382 g/mol. The van der Waals surface area contributed by atoms with Gasteiger partial charge in [0.1, 0.15) is 0 Å². The van der Waals surface area contributed by atoms with Crippen molar-refractivity contribution in [3.63, 3.8) is 0 Å². The monoisotopic (exact) mass is 388 g/mol. The highest BCUT2D eigenvalue weighted by molar-refractivity contribution is 14.1. The highest BCUT2D eigenvalue weighted by atomic mass is 127. The molecule has 1 aromatic heterocycles. The lowest BCUT2D eigenvalue weighted by Crippen LogP contribution is -2.34. The second-order valence-corrected chi connectivity index (χ2v) is 4.02. The molecule has 0 aliphatic heterocycles. The van der Waals surface area contributed by atoms with Crippen LogP contribution in [-0.4, -0.2) is 32.3 Å². The Hall–Kier alpha value is -1.14. The number of aromatic nitrogens is 2. The normalized spacial score (nSPS) is 11.7. The predicted molar refractivity (Wildman–Crippen MR) is 56.5 cm³/mol. The van der Waals surface area contributed by atoms with E-state index >= 15 is 0 Å². The second kappa shape index (κ2) is 5.67. The van der Waals surface area contributed by atoms with E-state index in [-0.39, 0.29) is 3.57 Å². The number of rotatable bonds is 1. The summed E-state index contributed by atoms with van der Waals surface area (Å²) in [6, 6.07) is 0. The Balaban J connectivity index is 0.000000631. The van der Waals surface area contributed by atoms with Crippen LogP contribution in [0.5, 0.6) is 0 Å². The molecule has 1 rings (SSSR count). The van der Waals surface area contributed by atoms with Crippen molar-refractivity contribution >= 4 is 28.7 Å². The minimum absolute atomic E-state index is 0.215. The first kappa shape index (κ1) is 16.9. The third-order valence-corrected chi connectivity index (χ3v) is 2.23. The lowest BCUT2D eigenvalue weighted by atomic mass is 10.2. The molecule has 0 atom stereocenters. The maximum absolute atomic E-state index is 12.7. The Morgan fingerprint density at radius 3 is 1.94 bits per heavy atom. The van der Waals surface area contributed by atoms with Crippen LogP contribution >= 0.6 is 22.6 Å². The van der Waals surface area contributed by atoms with Gasteiger partial charge in [-0.25, -0.2) is 4.79 Å². The van der Waals surface area contributed by atoms with Gasteiger partial charge in [-0.15, -0.1) is 0 Å². The van der Waals surface area contributed by atoms with Crippen LogP contribution in [-0.2, 0) is 13.0 Å². The van der Waals surface area contributed by atoms with Gasteiger partial charge in [0.25, 0.3) is 0 Å². The van der Waals surface area contributed by atoms with E-state index in [2.05, 4.69) is 5.10 Å². The van der Waals surface area contributed by atoms with Gasteiger partial charge in [0.05, 0.1) is 3.57 Å². The van der Waals surface area contributed by atoms with Gasteiger partial charge in [-0.2, -0.15) is 27.1 Å². The average Bonchev–Trinajstić information content (AvgIpc) is 2.42. The van der Waals surface area contributed by atoms with E-state index < -0.39 is 23.9 Å². The van der Waals surface area contributed by atoms with E-state index in [4.69, 9.17) is 15.0 Å². The molecule has 11 heteroatoms. The van der Waals surface area contributed by atoms with Crippen molar-refractivity contribution in [1.82, 2.24) is 9.78 Å². The number of carbonyl (C=O) groups is 1. The molecular formula is C7H6F5IN2O3. The Labute approximate surface area is 110 Å². The van der Waals surface area contributed by atoms with Crippen LogP contribution in [0.2, 0.25) is 0 Å². The van der Waals surface area contributed by atoms with Gasteiger partial charge in [-0.1, -0.05) is 0 Å². The number of aryl methyl sites for hydroxylation is 1. The average molecular weight is 388 g/mol. The van der Waals surface area contributed by atoms with E-state index in [9.17, 15) is 22.0 Å². The van der Waals surface area contributed by atoms with Crippen molar-refractivity contribution in [2.75, 3.05) is 0 Å². The minimum Gasteiger partial charge on any atom is -0.450 e. The molecule has 0 aliphatic carbocycles. The zero-order valence-electron chi connectivity index (χ0n) is 8.54. The maximum atomic E-state index is 12.7. The van der Waals surface area contributed by atoms with Crippen LogP contribution in [0.4, 0.5) is 26.7 Å². The van der Waals surface area contributed by atoms with Gasteiger partial charge < -0.3 is 10.2 Å². The first-order chi connectivity index (χ1) is 7.89. The lowest BCUT2D eigenvalue weighted by Gasteiger charge is -2.17. The molecule has 0 bridgehead atoms. The standard InChI is InChI=1S/C6H4F5IN2.CH2O3/c1-14-2-3(12)4(13-14)5(7,8)6(9,10)11;2-1(3)4/h2H,1H3;(H2,2,3,4). The first-order valence-electron chi connectivity index (χ1n) is 3.95. The van der Waals surface area contributed by atoms with E-state index in [1.807, 2.05) is 0 Å². The second-order valence-electron chi connectivity index (χ2n) is 2.85. The van der Waals surface area contributed by atoms with Crippen molar-refractivity contribution in [2.24, 2.45) is 7.05 Å². The van der Waals surface area contributed by atoms with Crippen molar-refractivity contribution in [3.05, 3.63) is 15.5 Å². The zero-order chi connectivity index (χ0) is 14.7. The Bertz CT molecular complexity index is 427. The van der Waals surface area contributed by atoms with Crippen molar-refractivity contribution in [3.8, 4) is 0 Å². The summed E-state index contributed by atoms with van der Waals surface area (Å²) in [7, 11) is 1.28. The van der Waals surface area contributed by atoms with Crippen molar-refractivity contribution in [1.29, 1.82) is 0 Å². The Kier molecular flexibility index (Phi) is 5.31. The molecule has 104 valence electrons. The number of nitrogens with zero attached hydrogens (tertiary/aromatic N) is 2. The van der Waals surface area contributed by atoms with Crippen LogP contribution < -0.4 is 0 Å². The molecule has 2 N–H and O–H groups in total. The molecule has 0 saturated carbocycles. The van der Waals surface area contributed by atoms with Crippen LogP contribution in [0, 0.1) is 3.57 Å². The number of hydrogen-bond donors (Lipinski definition) is 2. The molecule has 0 saturated heterocycles. The molecule has 0 aliphatic rings. The van der Waals surface area contributed by atoms with Crippen molar-refractivity contribution in [2.45, 2.75) is 12.1 Å². The highest BCUT2D eigenvalue weighted by Gasteiger charge is 2.61. The summed E-state index contributed by atoms with van der Waals surface area (Å²) in [4.78, 5) is 8.56. The van der Waals surface area contributed by atoms with Crippen LogP contribution in [0.15, 0.2) is 6.20 Å². The highest BCUT2D eigenvalue weighted by Crippen LogP contribution is 2.44. The number of hydrogen-bond acceptors (Lipinski definition) is 2. The van der Waals surface area contributed by atoms with Gasteiger partial charge in [-0.3, -0.25) is 4.68 Å². The lowest BCUT2D eigenvalue weighted by molar-refractivity contribution is -0.291. The fourth-order valence-corrected chi connectivity index (χ4v) is 1.66. The minimum atomic E-state index is -5.61. The van der Waals surface area contributed by atoms with E-state index in [0.29, 0.717) is 0 Å². The predicted octanol–water partition coefficient (Wildman–Crippen LogP) is 2.90. The molecule has 0 radical (unpaired) electrons. The molecule has 0 aromatic carbocycles. The van der Waals surface area contributed by atoms with E-state index in [0.717, 1.165) is 10.9 Å². The fraction of sp³-hybridized carbons (Fsp3) is 0.429. The fourth-order valence-electron chi connectivity index (χ4n) is 0.807. The molecule has 0 fully saturated rings. The summed E-state index contributed by atoms with van der Waals surface area (Å²) in [5.41, 5.74) is -1.26. The molecule has 0 amide bonds. The van der Waals surface area contributed by atoms with Gasteiger partial charge in [-0.05, 0) is 22.6 Å². The molecule has 0 spiro atoms. The molecule has 0 unspecified atom stereocenters. The van der Waals surface area contributed by atoms with Crippen LogP contribution in [0.1, 0.15) is 5.69 Å². The first-order valence-corrected chi connectivity index (χ1v) is 5.03. The number of halogens is 6. The van der Waals surface area contributed by atoms with Gasteiger partial charge in [0, 0.05) is 13.2 Å². The Morgan fingerprint density at radius 1 is 1.33 bits per heavy atom. The van der Waals surface area contributed by atoms with E-state index in [1.165, 1.54) is 29.6 Å². The number of alkyl halides is 5. The maximum Gasteiger partial charge on any atom is 0.503 e. The van der Waals surface area contributed by atoms with Gasteiger partial charge in [0.2, 0.25) is 0 Å². The molecule has 1 heterocycles. The molecule has 5 nitrogen and oxygen atoms in total. The smallest absolute Gasteiger partial charge is 0.450 e. The van der Waals surface area contributed by atoms with Crippen LogP contribution in [0.3, 0.4) is 0 Å². The van der Waals surface area contributed by atoms with Crippen molar-refractivity contribution < 1.29 is 37.0 Å².